The maximum atomic E-state index is 10.8. The summed E-state index contributed by atoms with van der Waals surface area (Å²) >= 11 is 30.1. The molecular weight excluding hydrogens is 2110 g/mol. The van der Waals surface area contributed by atoms with Crippen molar-refractivity contribution in [3.63, 3.8) is 0 Å². The Morgan fingerprint density at radius 3 is 1.05 bits per heavy atom. The van der Waals surface area contributed by atoms with Crippen molar-refractivity contribution in [2.24, 2.45) is 0 Å². The number of ether oxygens (including phenoxy) is 2. The SMILES string of the molecule is CCCCCCSc1ccc(-c2ccc(-c3ccnc(-c4cc(-c5ccc(-c6ccc(SCCCCCC)s6)s5)ccn4)c3)s2)s1.CCCCCCc1ccc(/C=C/c2ccnc(-c3cc(/C=C/c4ccc(CCCCCC)s4)ccn3)c2)s1.O=COc1ccnc(-c2cc(C(=O)O)ccn2)c1.O=COc1ccnc(-c2cc(C(=O)[O-])ccn2)c1.[N-]=C=S.[N-]=C=S.[N-]=C=S.[N-]=C=S.[Na+].[Ru+2].[Ru+2]. The van der Waals surface area contributed by atoms with Gasteiger partial charge in [-0.3, -0.25) is 49.5 Å². The summed E-state index contributed by atoms with van der Waals surface area (Å²) in [5.74, 6) is 0.713. The second kappa shape index (κ2) is 70.5. The number of nitrogens with zero attached hydrogens (tertiary/aromatic N) is 12. The number of isothiocyanates is 4. The van der Waals surface area contributed by atoms with Gasteiger partial charge in [0.1, 0.15) is 11.5 Å². The molecule has 0 saturated carbocycles. The van der Waals surface area contributed by atoms with Gasteiger partial charge in [-0.2, -0.15) is 20.6 Å². The molecule has 0 unspecified atom stereocenters. The molecule has 14 rings (SSSR count). The molecule has 0 aliphatic rings. The van der Waals surface area contributed by atoms with E-state index in [1.54, 1.807) is 0 Å². The van der Waals surface area contributed by atoms with Gasteiger partial charge in [-0.05, 0) is 242 Å². The zero-order valence-corrected chi connectivity index (χ0v) is 89.9. The van der Waals surface area contributed by atoms with Gasteiger partial charge in [0.25, 0.3) is 12.9 Å². The summed E-state index contributed by atoms with van der Waals surface area (Å²) in [4.78, 5) is 90.2. The average Bonchev–Trinajstić information content (AvgIpc) is 1.68. The third-order valence-electron chi connectivity index (χ3n) is 18.7. The van der Waals surface area contributed by atoms with Gasteiger partial charge in [0, 0.05) is 116 Å². The van der Waals surface area contributed by atoms with Crippen molar-refractivity contribution in [2.75, 3.05) is 11.5 Å². The summed E-state index contributed by atoms with van der Waals surface area (Å²) in [6, 6.07) is 55.6. The van der Waals surface area contributed by atoms with Gasteiger partial charge in [0.15, 0.2) is 0 Å². The normalized spacial score (nSPS) is 10.0. The number of pyridine rings is 8. The number of aryl methyl sites for hydroxylation is 2. The first-order chi connectivity index (χ1) is 64.5. The molecule has 14 aromatic heterocycles. The summed E-state index contributed by atoms with van der Waals surface area (Å²) in [6.07, 6.45) is 45.4. The summed E-state index contributed by atoms with van der Waals surface area (Å²) in [5, 5.41) is 53.5. The Morgan fingerprint density at radius 2 is 0.681 bits per heavy atom. The van der Waals surface area contributed by atoms with Crippen LogP contribution >= 0.6 is 140 Å². The molecule has 1 N–H and O–H groups in total. The van der Waals surface area contributed by atoms with E-state index in [2.05, 4.69) is 262 Å². The number of thiophene rings is 6. The summed E-state index contributed by atoms with van der Waals surface area (Å²) in [7, 11) is 0. The van der Waals surface area contributed by atoms with Crippen LogP contribution in [0.15, 0.2) is 228 Å². The van der Waals surface area contributed by atoms with Gasteiger partial charge >= 0.3 is 74.5 Å². The maximum absolute atomic E-state index is 10.8. The predicted octanol–water partition coefficient (Wildman–Crippen LogP) is 26.3. The Hall–Kier alpha value is -9.09. The standard InChI is InChI=1S/C38H40N2S6.C34H40N2S2.2C12H8N2O4.4CNS.Na.2Ru/c1-3-5-7-9-23-41-37-17-15-35(45-37)33-13-11-31(43-33)27-19-21-39-29(25-27)30-26-28(20-22-40-30)32-12-14-34(44-32)36-16-18-38(46-36)42-24-10-8-6-4-2;1-3-5-7-9-11-29-17-19-31(37-29)15-13-27-21-23-35-33(25-27)34-26-28(22-24-36-34)14-16-32-20-18-30(38-32)12-10-8-6-4-2;2*15-7-18-9-2-4-14-11(6-9)10-5-8(12(16)17)1-3-13-10;4*2-1-3;;;/h11-22,25-26H,3-10,23-24H2,1-2H3;13-26H,3-12H2,1-2H3;2*1-7H,(H,16,17);;;;;;;/q;;;;4*-1;+1;2*+2/p-1/b;15-13+,16-14+;;;;;;;;;. The van der Waals surface area contributed by atoms with Crippen molar-refractivity contribution in [3.8, 4) is 97.4 Å². The van der Waals surface area contributed by atoms with Gasteiger partial charge in [-0.25, -0.2) is 4.79 Å². The number of thiocarbonyl (C=S) groups is 4. The van der Waals surface area contributed by atoms with Crippen molar-refractivity contribution in [2.45, 2.75) is 152 Å². The molecule has 14 aromatic rings. The van der Waals surface area contributed by atoms with Crippen LogP contribution in [-0.4, -0.2) is 102 Å². The van der Waals surface area contributed by atoms with Crippen LogP contribution in [-0.2, 0) is 61.4 Å². The van der Waals surface area contributed by atoms with Crippen LogP contribution in [0.5, 0.6) is 11.5 Å². The van der Waals surface area contributed by atoms with E-state index in [-0.39, 0.29) is 79.6 Å². The molecule has 135 heavy (non-hydrogen) atoms. The van der Waals surface area contributed by atoms with E-state index in [4.69, 9.17) is 36.7 Å². The Labute approximate surface area is 891 Å². The van der Waals surface area contributed by atoms with Crippen LogP contribution < -0.4 is 44.1 Å². The van der Waals surface area contributed by atoms with Gasteiger partial charge in [0.05, 0.1) is 65.5 Å². The van der Waals surface area contributed by atoms with E-state index in [9.17, 15) is 24.3 Å². The molecule has 0 spiro atoms. The molecule has 35 heteroatoms. The van der Waals surface area contributed by atoms with Crippen molar-refractivity contribution >= 4 is 210 Å². The number of aromatic nitrogens is 8. The van der Waals surface area contributed by atoms with Crippen molar-refractivity contribution in [3.05, 3.63) is 283 Å². The number of hydrogen-bond donors (Lipinski definition) is 1. The molecule has 692 valence electrons. The van der Waals surface area contributed by atoms with Gasteiger partial charge < -0.3 is 46.1 Å². The van der Waals surface area contributed by atoms with Crippen LogP contribution in [0.25, 0.3) is 132 Å². The number of rotatable bonds is 40. The Kier molecular flexibility index (Phi) is 61.7. The van der Waals surface area contributed by atoms with Crippen molar-refractivity contribution in [1.29, 1.82) is 0 Å². The monoisotopic (exact) mass is 2200 g/mol. The van der Waals surface area contributed by atoms with Crippen LogP contribution in [0.4, 0.5) is 0 Å². The average molecular weight is 2200 g/mol. The molecule has 0 radical (unpaired) electrons. The number of aromatic carboxylic acids is 2. The quantitative estimate of drug-likeness (QED) is 0.00931. The van der Waals surface area contributed by atoms with E-state index in [1.807, 2.05) is 116 Å². The molecule has 14 heterocycles. The minimum Gasteiger partial charge on any atom is -0.753 e. The number of hydrogen-bond acceptors (Lipinski definition) is 27. The number of carboxylic acid groups (broad SMARTS) is 2. The smallest absolute Gasteiger partial charge is 0.753 e. The molecule has 0 aromatic carbocycles. The Morgan fingerprint density at radius 1 is 0.370 bits per heavy atom. The number of thioether (sulfide) groups is 2. The predicted molar refractivity (Wildman–Crippen MR) is 564 cm³/mol. The molecule has 0 atom stereocenters. The van der Waals surface area contributed by atoms with E-state index in [0.717, 1.165) is 33.9 Å². The van der Waals surface area contributed by atoms with Crippen LogP contribution in [0, 0.1) is 0 Å². The second-order valence-corrected chi connectivity index (χ2v) is 38.3. The Balaban J connectivity index is 0.000000381. The minimum absolute atomic E-state index is 0. The minimum atomic E-state index is -1.29. The zero-order chi connectivity index (χ0) is 94.7. The molecule has 0 saturated heterocycles. The van der Waals surface area contributed by atoms with Crippen LogP contribution in [0.2, 0.25) is 0 Å². The van der Waals surface area contributed by atoms with E-state index in [0.29, 0.717) is 47.2 Å². The molecule has 0 amide bonds. The first-order valence-electron chi connectivity index (χ1n) is 42.1. The molecular formula is C100H95N12NaO8Ru2S12. The number of carbonyl (C=O) groups is 4. The van der Waals surface area contributed by atoms with E-state index in [1.165, 1.54) is 289 Å². The third-order valence-corrected chi connectivity index (χ3v) is 28.4. The fourth-order valence-electron chi connectivity index (χ4n) is 12.4. The first-order valence-corrected chi connectivity index (χ1v) is 50.6. The zero-order valence-electron chi connectivity index (χ0n) is 74.7. The van der Waals surface area contributed by atoms with Crippen molar-refractivity contribution in [1.82, 2.24) is 39.9 Å². The van der Waals surface area contributed by atoms with E-state index >= 15 is 0 Å². The third kappa shape index (κ3) is 44.1. The summed E-state index contributed by atoms with van der Waals surface area (Å²) < 4.78 is 12.2. The fourth-order valence-corrected chi connectivity index (χ4v) is 20.9. The number of carbonyl (C=O) groups excluding carboxylic acids is 3. The molecule has 20 nitrogen and oxygen atoms in total. The summed E-state index contributed by atoms with van der Waals surface area (Å²) in [5.41, 5.74) is 9.95. The van der Waals surface area contributed by atoms with Crippen molar-refractivity contribution < 1.29 is 107 Å². The van der Waals surface area contributed by atoms with Gasteiger partial charge in [-0.1, -0.05) is 166 Å². The largest absolute Gasteiger partial charge is 2.00 e. The molecule has 0 aliphatic carbocycles. The maximum Gasteiger partial charge on any atom is 2.00 e. The van der Waals surface area contributed by atoms with E-state index < -0.39 is 11.9 Å². The van der Waals surface area contributed by atoms with Gasteiger partial charge in [0.2, 0.25) is 0 Å². The van der Waals surface area contributed by atoms with Gasteiger partial charge in [-0.15, -0.1) is 91.5 Å². The second-order valence-electron chi connectivity index (χ2n) is 28.1. The summed E-state index contributed by atoms with van der Waals surface area (Å²) in [6.45, 7) is 9.67. The number of unbranched alkanes of at least 4 members (excludes halogenated alkanes) is 12. The van der Waals surface area contributed by atoms with Crippen LogP contribution in [0.1, 0.15) is 182 Å². The first kappa shape index (κ1) is 118. The molecule has 0 bridgehead atoms. The van der Waals surface area contributed by atoms with Crippen LogP contribution in [0.3, 0.4) is 0 Å². The fraction of sp³-hybridized carbons (Fsp3) is 0.240. The molecule has 0 aliphatic heterocycles. The number of carboxylic acids is 2. The topological polar surface area (TPSA) is 322 Å². The molecule has 0 fully saturated rings. The Bertz CT molecular complexity index is 5730.